The number of benzene rings is 2. The molecule has 2 aromatic carbocycles. The molecule has 2 rings (SSSR count). The van der Waals surface area contributed by atoms with Crippen LogP contribution in [0.4, 0.5) is 8.78 Å². The smallest absolute Gasteiger partial charge is 0.321 e. The average Bonchev–Trinajstić information content (AvgIpc) is 2.58. The van der Waals surface area contributed by atoms with Crippen molar-refractivity contribution >= 4 is 17.7 Å². The van der Waals surface area contributed by atoms with Crippen LogP contribution in [-0.4, -0.2) is 24.3 Å². The van der Waals surface area contributed by atoms with E-state index in [-0.39, 0.29) is 23.5 Å². The van der Waals surface area contributed by atoms with Crippen LogP contribution in [0.15, 0.2) is 42.5 Å². The zero-order valence-corrected chi connectivity index (χ0v) is 14.1. The van der Waals surface area contributed by atoms with Crippen molar-refractivity contribution in [2.75, 3.05) is 6.61 Å². The van der Waals surface area contributed by atoms with Gasteiger partial charge in [-0.05, 0) is 42.8 Å². The molecule has 1 unspecified atom stereocenters. The topological polar surface area (TPSA) is 69.7 Å². The first-order valence-corrected chi connectivity index (χ1v) is 7.77. The second-order valence-corrected chi connectivity index (χ2v) is 5.34. The minimum atomic E-state index is -1.36. The van der Waals surface area contributed by atoms with Gasteiger partial charge in [0.1, 0.15) is 11.7 Å². The van der Waals surface area contributed by atoms with Gasteiger partial charge < -0.3 is 9.47 Å². The number of rotatable bonds is 6. The van der Waals surface area contributed by atoms with Gasteiger partial charge in [0, 0.05) is 12.5 Å². The molecule has 1 atom stereocenters. The van der Waals surface area contributed by atoms with Crippen LogP contribution in [0.5, 0.6) is 5.75 Å². The van der Waals surface area contributed by atoms with Gasteiger partial charge in [0.15, 0.2) is 17.4 Å². The monoisotopic (exact) mass is 362 g/mol. The fourth-order valence-corrected chi connectivity index (χ4v) is 2.33. The molecule has 0 spiro atoms. The second kappa shape index (κ2) is 8.33. The average molecular weight is 362 g/mol. The van der Waals surface area contributed by atoms with E-state index in [4.69, 9.17) is 9.47 Å². The highest BCUT2D eigenvalue weighted by Gasteiger charge is 2.31. The summed E-state index contributed by atoms with van der Waals surface area (Å²) >= 11 is 0. The van der Waals surface area contributed by atoms with Gasteiger partial charge in [-0.25, -0.2) is 8.78 Å². The highest BCUT2D eigenvalue weighted by Crippen LogP contribution is 2.26. The van der Waals surface area contributed by atoms with E-state index in [2.05, 4.69) is 0 Å². The van der Waals surface area contributed by atoms with Crippen molar-refractivity contribution < 1.29 is 32.6 Å². The molecule has 0 amide bonds. The number of ketones is 1. The molecule has 0 aliphatic carbocycles. The van der Waals surface area contributed by atoms with Crippen LogP contribution in [0.2, 0.25) is 0 Å². The van der Waals surface area contributed by atoms with Gasteiger partial charge in [0.2, 0.25) is 0 Å². The molecule has 0 radical (unpaired) electrons. The summed E-state index contributed by atoms with van der Waals surface area (Å²) in [5, 5.41) is 0. The Bertz CT molecular complexity index is 830. The van der Waals surface area contributed by atoms with Crippen LogP contribution in [0.3, 0.4) is 0 Å². The predicted octanol–water partition coefficient (Wildman–Crippen LogP) is 3.42. The standard InChI is InChI=1S/C19H16F2O5/c1-3-25-19(24)17(12-4-7-14(8-5-12)26-11(2)22)18(23)13-6-9-15(20)16(21)10-13/h4-10,17H,3H2,1-2H3. The summed E-state index contributed by atoms with van der Waals surface area (Å²) in [4.78, 5) is 36.0. The van der Waals surface area contributed by atoms with Crippen LogP contribution in [0.1, 0.15) is 35.7 Å². The molecule has 0 aliphatic rings. The summed E-state index contributed by atoms with van der Waals surface area (Å²) in [6.07, 6.45) is 0. The van der Waals surface area contributed by atoms with Crippen molar-refractivity contribution in [3.05, 3.63) is 65.2 Å². The maximum Gasteiger partial charge on any atom is 0.321 e. The summed E-state index contributed by atoms with van der Waals surface area (Å²) in [6.45, 7) is 2.87. The summed E-state index contributed by atoms with van der Waals surface area (Å²) in [5.41, 5.74) is 0.111. The van der Waals surface area contributed by atoms with Gasteiger partial charge in [0.05, 0.1) is 6.61 Å². The van der Waals surface area contributed by atoms with Gasteiger partial charge in [-0.1, -0.05) is 12.1 Å². The Morgan fingerprint density at radius 2 is 1.65 bits per heavy atom. The van der Waals surface area contributed by atoms with Crippen molar-refractivity contribution in [3.8, 4) is 5.75 Å². The molecule has 136 valence electrons. The zero-order chi connectivity index (χ0) is 19.3. The van der Waals surface area contributed by atoms with E-state index in [0.717, 1.165) is 18.2 Å². The number of carbonyl (C=O) groups excluding carboxylic acids is 3. The molecule has 0 saturated carbocycles. The highest BCUT2D eigenvalue weighted by atomic mass is 19.2. The minimum Gasteiger partial charge on any atom is -0.465 e. The lowest BCUT2D eigenvalue weighted by Crippen LogP contribution is -2.24. The number of halogens is 2. The molecule has 26 heavy (non-hydrogen) atoms. The lowest BCUT2D eigenvalue weighted by atomic mass is 9.90. The Kier molecular flexibility index (Phi) is 6.16. The van der Waals surface area contributed by atoms with Gasteiger partial charge >= 0.3 is 11.9 Å². The number of hydrogen-bond donors (Lipinski definition) is 0. The lowest BCUT2D eigenvalue weighted by molar-refractivity contribution is -0.143. The molecule has 0 aromatic heterocycles. The summed E-state index contributed by atoms with van der Waals surface area (Å²) in [6, 6.07) is 8.34. The summed E-state index contributed by atoms with van der Waals surface area (Å²) < 4.78 is 36.4. The maximum atomic E-state index is 13.4. The first kappa shape index (κ1) is 19.2. The van der Waals surface area contributed by atoms with E-state index in [1.54, 1.807) is 6.92 Å². The molecule has 0 fully saturated rings. The number of hydrogen-bond acceptors (Lipinski definition) is 5. The van der Waals surface area contributed by atoms with Crippen LogP contribution >= 0.6 is 0 Å². The molecule has 0 heterocycles. The fraction of sp³-hybridized carbons (Fsp3) is 0.211. The van der Waals surface area contributed by atoms with Gasteiger partial charge in [0.25, 0.3) is 0 Å². The first-order valence-electron chi connectivity index (χ1n) is 7.77. The number of ether oxygens (including phenoxy) is 2. The van der Waals surface area contributed by atoms with E-state index in [0.29, 0.717) is 0 Å². The Labute approximate surface area is 148 Å². The lowest BCUT2D eigenvalue weighted by Gasteiger charge is -2.15. The summed E-state index contributed by atoms with van der Waals surface area (Å²) in [5.74, 6) is -5.47. The van der Waals surface area contributed by atoms with Crippen molar-refractivity contribution in [1.29, 1.82) is 0 Å². The van der Waals surface area contributed by atoms with Crippen LogP contribution in [0.25, 0.3) is 0 Å². The van der Waals surface area contributed by atoms with E-state index in [9.17, 15) is 23.2 Å². The Morgan fingerprint density at radius 3 is 2.19 bits per heavy atom. The third-order valence-electron chi connectivity index (χ3n) is 3.46. The Balaban J connectivity index is 2.39. The maximum absolute atomic E-state index is 13.4. The first-order chi connectivity index (χ1) is 12.3. The Morgan fingerprint density at radius 1 is 1.00 bits per heavy atom. The predicted molar refractivity (Wildman–Crippen MR) is 87.8 cm³/mol. The van der Waals surface area contributed by atoms with E-state index in [1.807, 2.05) is 0 Å². The molecule has 2 aromatic rings. The molecule has 5 nitrogen and oxygen atoms in total. The molecule has 0 saturated heterocycles. The minimum absolute atomic E-state index is 0.0475. The molecule has 0 N–H and O–H groups in total. The van der Waals surface area contributed by atoms with Crippen LogP contribution < -0.4 is 4.74 Å². The SMILES string of the molecule is CCOC(=O)C(C(=O)c1ccc(F)c(F)c1)c1ccc(OC(C)=O)cc1. The second-order valence-electron chi connectivity index (χ2n) is 5.34. The van der Waals surface area contributed by atoms with Crippen LogP contribution in [0, 0.1) is 11.6 Å². The normalized spacial score (nSPS) is 11.5. The van der Waals surface area contributed by atoms with E-state index < -0.39 is 35.3 Å². The third-order valence-corrected chi connectivity index (χ3v) is 3.46. The number of Topliss-reactive ketones (excluding diaryl/α,β-unsaturated/α-hetero) is 1. The number of carbonyl (C=O) groups is 3. The van der Waals surface area contributed by atoms with Gasteiger partial charge in [-0.3, -0.25) is 14.4 Å². The van der Waals surface area contributed by atoms with E-state index >= 15 is 0 Å². The van der Waals surface area contributed by atoms with Crippen LogP contribution in [-0.2, 0) is 14.3 Å². The third kappa shape index (κ3) is 4.50. The zero-order valence-electron chi connectivity index (χ0n) is 14.1. The molecule has 7 heteroatoms. The van der Waals surface area contributed by atoms with Gasteiger partial charge in [-0.15, -0.1) is 0 Å². The summed E-state index contributed by atoms with van der Waals surface area (Å²) in [7, 11) is 0. The van der Waals surface area contributed by atoms with Crippen molar-refractivity contribution in [2.45, 2.75) is 19.8 Å². The molecule has 0 bridgehead atoms. The van der Waals surface area contributed by atoms with E-state index in [1.165, 1.54) is 31.2 Å². The Hall–Kier alpha value is -3.09. The van der Waals surface area contributed by atoms with Crippen molar-refractivity contribution in [2.24, 2.45) is 0 Å². The number of esters is 2. The van der Waals surface area contributed by atoms with Crippen molar-refractivity contribution in [3.63, 3.8) is 0 Å². The highest BCUT2D eigenvalue weighted by molar-refractivity contribution is 6.13. The van der Waals surface area contributed by atoms with Gasteiger partial charge in [-0.2, -0.15) is 0 Å². The molecular formula is C19H16F2O5. The van der Waals surface area contributed by atoms with Crippen molar-refractivity contribution in [1.82, 2.24) is 0 Å². The largest absolute Gasteiger partial charge is 0.465 e. The molecule has 0 aliphatic heterocycles. The quantitative estimate of drug-likeness (QED) is 0.341. The molecular weight excluding hydrogens is 346 g/mol. The fourth-order valence-electron chi connectivity index (χ4n) is 2.33.